The van der Waals surface area contributed by atoms with Gasteiger partial charge in [-0.1, -0.05) is 0 Å². The summed E-state index contributed by atoms with van der Waals surface area (Å²) in [4.78, 5) is 20.5. The first-order valence-electron chi connectivity index (χ1n) is 2.68. The first kappa shape index (κ1) is 8.61. The highest BCUT2D eigenvalue weighted by molar-refractivity contribution is 6.26. The molecule has 0 aliphatic heterocycles. The summed E-state index contributed by atoms with van der Waals surface area (Å²) in [5.74, 6) is -0.658. The van der Waals surface area contributed by atoms with Crippen LogP contribution in [0.1, 0.15) is 6.92 Å². The van der Waals surface area contributed by atoms with Crippen molar-refractivity contribution in [3.63, 3.8) is 0 Å². The molecule has 5 nitrogen and oxygen atoms in total. The third kappa shape index (κ3) is 4.76. The molecule has 0 saturated heterocycles. The van der Waals surface area contributed by atoms with E-state index in [0.717, 1.165) is 6.21 Å². The van der Waals surface area contributed by atoms with E-state index < -0.39 is 0 Å². The minimum Gasteiger partial charge on any atom is -0.354 e. The van der Waals surface area contributed by atoms with Crippen molar-refractivity contribution >= 4 is 18.0 Å². The van der Waals surface area contributed by atoms with Crippen LogP contribution in [0.4, 0.5) is 0 Å². The largest absolute Gasteiger partial charge is 0.354 e. The number of nitrogens with zero attached hydrogens (tertiary/aromatic N) is 1. The van der Waals surface area contributed by atoms with Gasteiger partial charge in [0.15, 0.2) is 0 Å². The summed E-state index contributed by atoms with van der Waals surface area (Å²) in [7, 11) is 1.47. The molecule has 0 aliphatic carbocycles. The van der Waals surface area contributed by atoms with E-state index in [2.05, 4.69) is 15.8 Å². The van der Waals surface area contributed by atoms with Gasteiger partial charge < -0.3 is 5.32 Å². The van der Waals surface area contributed by atoms with Gasteiger partial charge in [-0.05, 0) is 0 Å². The van der Waals surface area contributed by atoms with Crippen molar-refractivity contribution < 1.29 is 9.59 Å². The number of hydrogen-bond acceptors (Lipinski definition) is 3. The van der Waals surface area contributed by atoms with Gasteiger partial charge in [-0.25, -0.2) is 5.43 Å². The second-order valence-corrected chi connectivity index (χ2v) is 1.54. The second-order valence-electron chi connectivity index (χ2n) is 1.54. The van der Waals surface area contributed by atoms with E-state index in [1.54, 1.807) is 0 Å². The summed E-state index contributed by atoms with van der Waals surface area (Å²) >= 11 is 0. The Morgan fingerprint density at radius 2 is 2.10 bits per heavy atom. The van der Waals surface area contributed by atoms with Crippen molar-refractivity contribution in [2.75, 3.05) is 7.05 Å². The van der Waals surface area contributed by atoms with Gasteiger partial charge >= 0.3 is 0 Å². The van der Waals surface area contributed by atoms with Crippen LogP contribution in [0.25, 0.3) is 0 Å². The first-order valence-corrected chi connectivity index (χ1v) is 2.68. The van der Waals surface area contributed by atoms with Gasteiger partial charge in [0.25, 0.3) is 5.91 Å². The lowest BCUT2D eigenvalue weighted by atomic mass is 10.7. The highest BCUT2D eigenvalue weighted by Gasteiger charge is 1.88. The van der Waals surface area contributed by atoms with Gasteiger partial charge in [-0.2, -0.15) is 5.10 Å². The Hall–Kier alpha value is -1.39. The first-order chi connectivity index (χ1) is 4.66. The molecule has 0 spiro atoms. The number of rotatable bonds is 2. The van der Waals surface area contributed by atoms with E-state index in [0.29, 0.717) is 0 Å². The second kappa shape index (κ2) is 4.49. The zero-order valence-electron chi connectivity index (χ0n) is 5.84. The van der Waals surface area contributed by atoms with Crippen LogP contribution < -0.4 is 10.7 Å². The summed E-state index contributed by atoms with van der Waals surface area (Å²) < 4.78 is 0. The third-order valence-electron chi connectivity index (χ3n) is 0.650. The highest BCUT2D eigenvalue weighted by atomic mass is 16.2. The molecule has 0 aliphatic rings. The van der Waals surface area contributed by atoms with Gasteiger partial charge in [0.1, 0.15) is 6.21 Å². The third-order valence-corrected chi connectivity index (χ3v) is 0.650. The van der Waals surface area contributed by atoms with Crippen LogP contribution in [-0.2, 0) is 9.59 Å². The molecular weight excluding hydrogens is 134 g/mol. The molecule has 0 bridgehead atoms. The molecule has 0 radical (unpaired) electrons. The van der Waals surface area contributed by atoms with Gasteiger partial charge in [0.2, 0.25) is 5.91 Å². The van der Waals surface area contributed by atoms with Crippen molar-refractivity contribution in [1.82, 2.24) is 10.7 Å². The van der Waals surface area contributed by atoms with Crippen molar-refractivity contribution in [1.29, 1.82) is 0 Å². The Bertz CT molecular complexity index is 164. The SMILES string of the molecule is CNC(=O)/C=N/NC(C)=O. The maximum atomic E-state index is 10.4. The fourth-order valence-electron chi connectivity index (χ4n) is 0.246. The minimum absolute atomic E-state index is 0.305. The van der Waals surface area contributed by atoms with Crippen LogP contribution in [0, 0.1) is 0 Å². The van der Waals surface area contributed by atoms with Crippen LogP contribution in [0.5, 0.6) is 0 Å². The summed E-state index contributed by atoms with van der Waals surface area (Å²) in [6, 6.07) is 0. The van der Waals surface area contributed by atoms with Gasteiger partial charge in [0.05, 0.1) is 0 Å². The molecule has 0 aromatic heterocycles. The molecule has 10 heavy (non-hydrogen) atoms. The number of hydrazone groups is 1. The van der Waals surface area contributed by atoms with Gasteiger partial charge in [0, 0.05) is 14.0 Å². The standard InChI is InChI=1S/C5H9N3O2/c1-4(9)8-7-3-5(10)6-2/h3H,1-2H3,(H,6,10)(H,8,9)/b7-3+. The molecule has 0 rings (SSSR count). The topological polar surface area (TPSA) is 70.6 Å². The highest BCUT2D eigenvalue weighted by Crippen LogP contribution is 1.60. The number of hydrogen-bond donors (Lipinski definition) is 2. The fourth-order valence-corrected chi connectivity index (χ4v) is 0.246. The zero-order valence-corrected chi connectivity index (χ0v) is 5.84. The Kier molecular flexibility index (Phi) is 3.86. The molecular formula is C5H9N3O2. The van der Waals surface area contributed by atoms with Gasteiger partial charge in [-0.3, -0.25) is 9.59 Å². The van der Waals surface area contributed by atoms with Crippen LogP contribution >= 0.6 is 0 Å². The Morgan fingerprint density at radius 1 is 1.50 bits per heavy atom. The van der Waals surface area contributed by atoms with Crippen molar-refractivity contribution in [3.8, 4) is 0 Å². The normalized spacial score (nSPS) is 9.40. The minimum atomic E-state index is -0.353. The summed E-state index contributed by atoms with van der Waals surface area (Å²) in [6.45, 7) is 1.31. The van der Waals surface area contributed by atoms with Crippen LogP contribution in [-0.4, -0.2) is 25.1 Å². The molecule has 0 heterocycles. The van der Waals surface area contributed by atoms with Gasteiger partial charge in [-0.15, -0.1) is 0 Å². The van der Waals surface area contributed by atoms with Crippen LogP contribution in [0.3, 0.4) is 0 Å². The Labute approximate surface area is 58.5 Å². The van der Waals surface area contributed by atoms with E-state index in [1.807, 2.05) is 0 Å². The zero-order chi connectivity index (χ0) is 7.98. The van der Waals surface area contributed by atoms with E-state index >= 15 is 0 Å². The molecule has 0 fully saturated rings. The smallest absolute Gasteiger partial charge is 0.263 e. The molecule has 2 N–H and O–H groups in total. The number of amides is 2. The molecule has 5 heteroatoms. The summed E-state index contributed by atoms with van der Waals surface area (Å²) in [6.07, 6.45) is 0.988. The molecule has 56 valence electrons. The number of carbonyl (C=O) groups excluding carboxylic acids is 2. The lowest BCUT2D eigenvalue weighted by Crippen LogP contribution is -2.21. The molecule has 0 saturated carbocycles. The monoisotopic (exact) mass is 143 g/mol. The average Bonchev–Trinajstić information content (AvgIpc) is 1.87. The maximum Gasteiger partial charge on any atom is 0.263 e. The predicted molar refractivity (Wildman–Crippen MR) is 36.4 cm³/mol. The van der Waals surface area contributed by atoms with Crippen molar-refractivity contribution in [3.05, 3.63) is 0 Å². The van der Waals surface area contributed by atoms with Crippen LogP contribution in [0.15, 0.2) is 5.10 Å². The molecule has 0 aromatic carbocycles. The Balaban J connectivity index is 3.56. The summed E-state index contributed by atoms with van der Waals surface area (Å²) in [5, 5.41) is 5.60. The Morgan fingerprint density at radius 3 is 2.50 bits per heavy atom. The lowest BCUT2D eigenvalue weighted by Gasteiger charge is -1.89. The molecule has 0 unspecified atom stereocenters. The van der Waals surface area contributed by atoms with E-state index in [-0.39, 0.29) is 11.8 Å². The number of nitrogens with one attached hydrogen (secondary N) is 2. The molecule has 2 amide bonds. The average molecular weight is 143 g/mol. The lowest BCUT2D eigenvalue weighted by molar-refractivity contribution is -0.118. The fraction of sp³-hybridized carbons (Fsp3) is 0.400. The van der Waals surface area contributed by atoms with E-state index in [1.165, 1.54) is 14.0 Å². The maximum absolute atomic E-state index is 10.4. The van der Waals surface area contributed by atoms with Crippen molar-refractivity contribution in [2.24, 2.45) is 5.10 Å². The van der Waals surface area contributed by atoms with Crippen LogP contribution in [0.2, 0.25) is 0 Å². The quantitative estimate of drug-likeness (QED) is 0.378. The number of carbonyl (C=O) groups is 2. The summed E-state index contributed by atoms with van der Waals surface area (Å²) in [5.41, 5.74) is 2.08. The predicted octanol–water partition coefficient (Wildman–Crippen LogP) is -1.15. The van der Waals surface area contributed by atoms with Crippen molar-refractivity contribution in [2.45, 2.75) is 6.92 Å². The van der Waals surface area contributed by atoms with E-state index in [9.17, 15) is 9.59 Å². The molecule has 0 atom stereocenters. The van der Waals surface area contributed by atoms with E-state index in [4.69, 9.17) is 0 Å². The molecule has 0 aromatic rings.